The summed E-state index contributed by atoms with van der Waals surface area (Å²) in [4.78, 5) is 49.0. The van der Waals surface area contributed by atoms with Gasteiger partial charge in [-0.15, -0.1) is 0 Å². The largest absolute Gasteiger partial charge is 0.477 e. The van der Waals surface area contributed by atoms with E-state index in [1.54, 1.807) is 0 Å². The molecule has 2 amide bonds. The number of aliphatic hydroxyl groups excluding tert-OH is 12. The maximum atomic E-state index is 12.9. The highest BCUT2D eigenvalue weighted by Gasteiger charge is 2.61. The van der Waals surface area contributed by atoms with Gasteiger partial charge in [-0.25, -0.2) is 9.59 Å². The predicted octanol–water partition coefficient (Wildman–Crippen LogP) is -9.77. The van der Waals surface area contributed by atoms with Crippen molar-refractivity contribution < 1.29 is 124 Å². The summed E-state index contributed by atoms with van der Waals surface area (Å²) in [7, 11) is 0. The Morgan fingerprint density at radius 2 is 1.15 bits per heavy atom. The molecule has 20 atom stereocenters. The Morgan fingerprint density at radius 1 is 0.661 bits per heavy atom. The fraction of sp³-hybridized carbons (Fsp3) is 0.875. The number of carboxylic acids is 2. The van der Waals surface area contributed by atoms with E-state index in [1.165, 1.54) is 0 Å². The Morgan fingerprint density at radius 3 is 1.68 bits per heavy atom. The number of ether oxygens (including phenoxy) is 7. The molecule has 4 aliphatic heterocycles. The molecule has 0 aromatic rings. The van der Waals surface area contributed by atoms with E-state index in [-0.39, 0.29) is 0 Å². The Kier molecular flexibility index (Phi) is 16.4. The fourth-order valence-corrected chi connectivity index (χ4v) is 7.10. The molecule has 4 heterocycles. The number of rotatable bonds is 16. The van der Waals surface area contributed by atoms with Crippen molar-refractivity contribution in [2.45, 2.75) is 148 Å². The quantitative estimate of drug-likeness (QED) is 0.0685. The molecule has 27 nitrogen and oxygen atoms in total. The van der Waals surface area contributed by atoms with Gasteiger partial charge in [-0.2, -0.15) is 0 Å². The van der Waals surface area contributed by atoms with Crippen LogP contribution in [0.1, 0.15) is 26.7 Å². The molecule has 0 saturated carbocycles. The van der Waals surface area contributed by atoms with Crippen LogP contribution in [0.5, 0.6) is 0 Å². The van der Waals surface area contributed by atoms with Crippen LogP contribution in [0.25, 0.3) is 0 Å². The number of aliphatic hydroxyl groups is 12. The molecule has 0 aromatic heterocycles. The number of nitrogens with one attached hydrogen (secondary N) is 2. The van der Waals surface area contributed by atoms with Gasteiger partial charge >= 0.3 is 11.9 Å². The Hall–Kier alpha value is -2.88. The molecule has 27 heteroatoms. The van der Waals surface area contributed by atoms with Gasteiger partial charge in [-0.05, 0) is 0 Å². The standard InChI is InChI=1S/C32H52N2O25/c1-9(37)33-17-23(46)20(43)15(55-27(17)48)7-53-28-18(34-10(2)38)24(47)21(44)16(56-28)8-54-31(29(49)50)4-14(22(45)26(58-31)13(41)6-36)57-32(30(51)52)3-11(39)19(42)25(59-32)12(40)5-35/h11-28,35-36,39-48H,3-8H2,1-2H3,(H,33,37)(H,34,38)(H,49,50)(H,51,52)/t11-,12-,13-,14-,15-,16-,17-,18-,19-,20-,21-,22-,23-,24-,25-,26-,27?,28-,31-,32-/m1/s1. The van der Waals surface area contributed by atoms with Crippen molar-refractivity contribution in [2.75, 3.05) is 26.4 Å². The van der Waals surface area contributed by atoms with Crippen molar-refractivity contribution in [2.24, 2.45) is 0 Å². The van der Waals surface area contributed by atoms with Gasteiger partial charge < -0.3 is 115 Å². The van der Waals surface area contributed by atoms with Gasteiger partial charge in [0.15, 0.2) is 12.6 Å². The normalized spacial score (nSPS) is 43.9. The number of carboxylic acid groups (broad SMARTS) is 2. The summed E-state index contributed by atoms with van der Waals surface area (Å²) >= 11 is 0. The molecule has 340 valence electrons. The molecule has 4 rings (SSSR count). The molecular weight excluding hydrogens is 812 g/mol. The Bertz CT molecular complexity index is 1460. The van der Waals surface area contributed by atoms with Gasteiger partial charge in [0.1, 0.15) is 85.3 Å². The third-order valence-corrected chi connectivity index (χ3v) is 10.2. The minimum Gasteiger partial charge on any atom is -0.477 e. The maximum Gasteiger partial charge on any atom is 0.364 e. The van der Waals surface area contributed by atoms with Crippen LogP contribution in [0, 0.1) is 0 Å². The monoisotopic (exact) mass is 864 g/mol. The van der Waals surface area contributed by atoms with Gasteiger partial charge in [-0.3, -0.25) is 9.59 Å². The average molecular weight is 865 g/mol. The lowest BCUT2D eigenvalue weighted by molar-refractivity contribution is -0.378. The van der Waals surface area contributed by atoms with Crippen molar-refractivity contribution in [1.29, 1.82) is 0 Å². The van der Waals surface area contributed by atoms with Gasteiger partial charge in [0.05, 0.1) is 38.6 Å². The van der Waals surface area contributed by atoms with Crippen LogP contribution in [0.3, 0.4) is 0 Å². The van der Waals surface area contributed by atoms with Crippen LogP contribution < -0.4 is 10.6 Å². The van der Waals surface area contributed by atoms with E-state index in [9.17, 15) is 90.7 Å². The molecule has 4 fully saturated rings. The molecule has 59 heavy (non-hydrogen) atoms. The van der Waals surface area contributed by atoms with Crippen LogP contribution >= 0.6 is 0 Å². The lowest BCUT2D eigenvalue weighted by atomic mass is 9.90. The molecule has 1 unspecified atom stereocenters. The minimum atomic E-state index is -3.11. The summed E-state index contributed by atoms with van der Waals surface area (Å²) in [6.07, 6.45) is -33.6. The third-order valence-electron chi connectivity index (χ3n) is 10.2. The lowest BCUT2D eigenvalue weighted by Crippen LogP contribution is -2.68. The first-order chi connectivity index (χ1) is 27.5. The molecule has 0 aromatic carbocycles. The van der Waals surface area contributed by atoms with Crippen molar-refractivity contribution in [3.05, 3.63) is 0 Å². The highest BCUT2D eigenvalue weighted by molar-refractivity contribution is 5.77. The van der Waals surface area contributed by atoms with E-state index in [0.717, 1.165) is 13.8 Å². The van der Waals surface area contributed by atoms with Crippen molar-refractivity contribution >= 4 is 23.8 Å². The molecule has 0 radical (unpaired) electrons. The smallest absolute Gasteiger partial charge is 0.364 e. The molecule has 4 aliphatic rings. The molecule has 0 aliphatic carbocycles. The average Bonchev–Trinajstić information content (AvgIpc) is 3.17. The molecular formula is C32H52N2O25. The second-order valence-corrected chi connectivity index (χ2v) is 14.6. The third kappa shape index (κ3) is 10.6. The number of amides is 2. The number of aliphatic carboxylic acids is 2. The highest BCUT2D eigenvalue weighted by Crippen LogP contribution is 2.40. The predicted molar refractivity (Wildman–Crippen MR) is 179 cm³/mol. The van der Waals surface area contributed by atoms with Crippen LogP contribution in [0.4, 0.5) is 0 Å². The summed E-state index contributed by atoms with van der Waals surface area (Å²) in [6.45, 7) is -2.04. The van der Waals surface area contributed by atoms with E-state index in [1.807, 2.05) is 0 Å². The first kappa shape index (κ1) is 48.8. The Labute approximate surface area is 333 Å². The number of hydrogen-bond donors (Lipinski definition) is 16. The van der Waals surface area contributed by atoms with Gasteiger partial charge in [0.2, 0.25) is 11.8 Å². The van der Waals surface area contributed by atoms with Crippen molar-refractivity contribution in [3.63, 3.8) is 0 Å². The van der Waals surface area contributed by atoms with Gasteiger partial charge in [0.25, 0.3) is 11.6 Å². The van der Waals surface area contributed by atoms with Crippen molar-refractivity contribution in [3.8, 4) is 0 Å². The second-order valence-electron chi connectivity index (χ2n) is 14.6. The second kappa shape index (κ2) is 19.9. The fourth-order valence-electron chi connectivity index (χ4n) is 7.10. The zero-order chi connectivity index (χ0) is 44.3. The number of carbonyl (C=O) groups is 4. The summed E-state index contributed by atoms with van der Waals surface area (Å²) in [5, 5.41) is 150. The van der Waals surface area contributed by atoms with Gasteiger partial charge in [0, 0.05) is 26.7 Å². The van der Waals surface area contributed by atoms with Crippen LogP contribution in [-0.2, 0) is 52.3 Å². The number of carbonyl (C=O) groups excluding carboxylic acids is 2. The maximum absolute atomic E-state index is 12.9. The molecule has 4 saturated heterocycles. The van der Waals surface area contributed by atoms with E-state index in [0.29, 0.717) is 0 Å². The SMILES string of the molecule is CC(=O)N[C@H]1[C@H](OC[C@H]2OC(O)[C@H](NC(C)=O)[C@@H](O)[C@@H]2O)O[C@H](CO[C@]2(C(=O)O)C[C@@H](O[C@]3(C(=O)O)C[C@@H](O)[C@@H](O)[C@@H]([C@H](O)CO)O3)[C@@H](O)[C@@H]([C@H](O)CO)O2)[C@@H](O)[C@@H]1O. The van der Waals surface area contributed by atoms with Crippen LogP contribution in [0.15, 0.2) is 0 Å². The molecule has 0 spiro atoms. The summed E-state index contributed by atoms with van der Waals surface area (Å²) in [6, 6.07) is -3.05. The van der Waals surface area contributed by atoms with E-state index >= 15 is 0 Å². The van der Waals surface area contributed by atoms with Crippen LogP contribution in [-0.4, -0.2) is 243 Å². The summed E-state index contributed by atoms with van der Waals surface area (Å²) < 4.78 is 38.6. The highest BCUT2D eigenvalue weighted by atomic mass is 16.8. The summed E-state index contributed by atoms with van der Waals surface area (Å²) in [5.74, 6) is -11.7. The molecule has 0 bridgehead atoms. The van der Waals surface area contributed by atoms with E-state index < -0.39 is 185 Å². The van der Waals surface area contributed by atoms with Gasteiger partial charge in [-0.1, -0.05) is 0 Å². The van der Waals surface area contributed by atoms with Crippen molar-refractivity contribution in [1.82, 2.24) is 10.6 Å². The molecule has 16 N–H and O–H groups in total. The zero-order valence-corrected chi connectivity index (χ0v) is 31.4. The summed E-state index contributed by atoms with van der Waals surface area (Å²) in [5.41, 5.74) is 0. The van der Waals surface area contributed by atoms with Crippen LogP contribution in [0.2, 0.25) is 0 Å². The first-order valence-corrected chi connectivity index (χ1v) is 18.2. The topological polar surface area (TPSA) is 440 Å². The Balaban J connectivity index is 1.60. The zero-order valence-electron chi connectivity index (χ0n) is 31.4. The number of hydrogen-bond acceptors (Lipinski definition) is 23. The first-order valence-electron chi connectivity index (χ1n) is 18.2. The minimum absolute atomic E-state index is 0.674. The van der Waals surface area contributed by atoms with E-state index in [2.05, 4.69) is 10.6 Å². The van der Waals surface area contributed by atoms with E-state index in [4.69, 9.17) is 33.2 Å². The lowest BCUT2D eigenvalue weighted by Gasteiger charge is -2.50.